The van der Waals surface area contributed by atoms with Crippen LogP contribution in [0, 0.1) is 5.92 Å². The number of morpholine rings is 1. The minimum atomic E-state index is 0.395. The van der Waals surface area contributed by atoms with Gasteiger partial charge in [-0.3, -0.25) is 4.90 Å². The van der Waals surface area contributed by atoms with E-state index in [1.54, 1.807) is 0 Å². The van der Waals surface area contributed by atoms with Gasteiger partial charge in [0.1, 0.15) is 0 Å². The molecule has 2 rings (SSSR count). The summed E-state index contributed by atoms with van der Waals surface area (Å²) < 4.78 is 5.75. The van der Waals surface area contributed by atoms with Crippen molar-refractivity contribution in [2.24, 2.45) is 5.92 Å². The van der Waals surface area contributed by atoms with E-state index in [2.05, 4.69) is 31.0 Å². The van der Waals surface area contributed by atoms with Crippen LogP contribution in [0.2, 0.25) is 0 Å². The quantitative estimate of drug-likeness (QED) is 0.801. The molecule has 1 saturated heterocycles. The van der Waals surface area contributed by atoms with Crippen LogP contribution in [0.3, 0.4) is 0 Å². The van der Waals surface area contributed by atoms with E-state index in [0.717, 1.165) is 25.6 Å². The average Bonchev–Trinajstić information content (AvgIpc) is 2.92. The molecule has 0 radical (unpaired) electrons. The number of hydrogen-bond acceptors (Lipinski definition) is 3. The molecule has 0 spiro atoms. The molecule has 3 heteroatoms. The molecule has 1 N–H and O–H groups in total. The molecule has 2 fully saturated rings. The lowest BCUT2D eigenvalue weighted by atomic mass is 9.96. The SMILES string of the molecule is CCCNC(CN1CC(C)OCC1C)C1CCCC1. The molecule has 3 atom stereocenters. The van der Waals surface area contributed by atoms with Crippen molar-refractivity contribution in [3.8, 4) is 0 Å². The lowest BCUT2D eigenvalue weighted by molar-refractivity contribution is -0.0539. The van der Waals surface area contributed by atoms with Gasteiger partial charge in [-0.25, -0.2) is 0 Å². The molecule has 0 amide bonds. The summed E-state index contributed by atoms with van der Waals surface area (Å²) in [6, 6.07) is 1.26. The van der Waals surface area contributed by atoms with Crippen molar-refractivity contribution in [1.82, 2.24) is 10.2 Å². The number of hydrogen-bond donors (Lipinski definition) is 1. The summed E-state index contributed by atoms with van der Waals surface area (Å²) in [6.07, 6.45) is 7.35. The lowest BCUT2D eigenvalue weighted by Crippen LogP contribution is -2.53. The highest BCUT2D eigenvalue weighted by Gasteiger charge is 2.30. The minimum Gasteiger partial charge on any atom is -0.376 e. The normalized spacial score (nSPS) is 31.7. The van der Waals surface area contributed by atoms with Gasteiger partial charge < -0.3 is 10.1 Å². The highest BCUT2D eigenvalue weighted by Crippen LogP contribution is 2.28. The van der Waals surface area contributed by atoms with Gasteiger partial charge in [-0.15, -0.1) is 0 Å². The molecule has 0 aromatic carbocycles. The maximum Gasteiger partial charge on any atom is 0.0674 e. The maximum absolute atomic E-state index is 5.75. The fraction of sp³-hybridized carbons (Fsp3) is 1.00. The van der Waals surface area contributed by atoms with Crippen molar-refractivity contribution in [3.63, 3.8) is 0 Å². The summed E-state index contributed by atoms with van der Waals surface area (Å²) >= 11 is 0. The zero-order valence-electron chi connectivity index (χ0n) is 13.0. The van der Waals surface area contributed by atoms with Crippen LogP contribution in [0.25, 0.3) is 0 Å². The van der Waals surface area contributed by atoms with Crippen LogP contribution in [0.1, 0.15) is 52.9 Å². The molecule has 1 aliphatic heterocycles. The molecule has 0 bridgehead atoms. The molecule has 0 aromatic heterocycles. The first-order valence-corrected chi connectivity index (χ1v) is 8.29. The Morgan fingerprint density at radius 3 is 2.68 bits per heavy atom. The second-order valence-electron chi connectivity index (χ2n) is 6.55. The number of nitrogens with one attached hydrogen (secondary N) is 1. The van der Waals surface area contributed by atoms with E-state index in [0.29, 0.717) is 18.2 Å². The van der Waals surface area contributed by atoms with Gasteiger partial charge in [-0.1, -0.05) is 19.8 Å². The molecule has 3 unspecified atom stereocenters. The smallest absolute Gasteiger partial charge is 0.0674 e. The van der Waals surface area contributed by atoms with Crippen molar-refractivity contribution < 1.29 is 4.74 Å². The number of ether oxygens (including phenoxy) is 1. The van der Waals surface area contributed by atoms with Crippen molar-refractivity contribution in [2.45, 2.75) is 71.1 Å². The first-order valence-electron chi connectivity index (χ1n) is 8.29. The van der Waals surface area contributed by atoms with E-state index < -0.39 is 0 Å². The van der Waals surface area contributed by atoms with E-state index in [1.165, 1.54) is 38.6 Å². The van der Waals surface area contributed by atoms with Gasteiger partial charge >= 0.3 is 0 Å². The summed E-state index contributed by atoms with van der Waals surface area (Å²) in [5.74, 6) is 0.900. The molecule has 0 aromatic rings. The Balaban J connectivity index is 1.89. The maximum atomic E-state index is 5.75. The van der Waals surface area contributed by atoms with Gasteiger partial charge in [0.25, 0.3) is 0 Å². The van der Waals surface area contributed by atoms with E-state index in [9.17, 15) is 0 Å². The summed E-state index contributed by atoms with van der Waals surface area (Å²) in [6.45, 7) is 11.1. The van der Waals surface area contributed by atoms with Crippen LogP contribution < -0.4 is 5.32 Å². The first-order chi connectivity index (χ1) is 9.20. The van der Waals surface area contributed by atoms with E-state index >= 15 is 0 Å². The third kappa shape index (κ3) is 4.44. The predicted octanol–water partition coefficient (Wildman–Crippen LogP) is 2.65. The predicted molar refractivity (Wildman–Crippen MR) is 80.5 cm³/mol. The zero-order valence-corrected chi connectivity index (χ0v) is 13.0. The van der Waals surface area contributed by atoms with Crippen molar-refractivity contribution in [3.05, 3.63) is 0 Å². The van der Waals surface area contributed by atoms with Crippen LogP contribution in [0.5, 0.6) is 0 Å². The minimum absolute atomic E-state index is 0.395. The summed E-state index contributed by atoms with van der Waals surface area (Å²) in [5, 5.41) is 3.81. The van der Waals surface area contributed by atoms with Gasteiger partial charge in [0.2, 0.25) is 0 Å². The van der Waals surface area contributed by atoms with E-state index in [4.69, 9.17) is 4.74 Å². The Morgan fingerprint density at radius 2 is 2.00 bits per heavy atom. The summed E-state index contributed by atoms with van der Waals surface area (Å²) in [5.41, 5.74) is 0. The highest BCUT2D eigenvalue weighted by atomic mass is 16.5. The molecular weight excluding hydrogens is 236 g/mol. The Morgan fingerprint density at radius 1 is 1.26 bits per heavy atom. The van der Waals surface area contributed by atoms with Crippen LogP contribution in [-0.2, 0) is 4.74 Å². The topological polar surface area (TPSA) is 24.5 Å². The molecule has 112 valence electrons. The number of nitrogens with zero attached hydrogens (tertiary/aromatic N) is 1. The van der Waals surface area contributed by atoms with Crippen LogP contribution >= 0.6 is 0 Å². The molecule has 19 heavy (non-hydrogen) atoms. The Kier molecular flexibility index (Phi) is 6.11. The standard InChI is InChI=1S/C16H32N2O/c1-4-9-17-16(15-7-5-6-8-15)11-18-10-14(3)19-12-13(18)2/h13-17H,4-12H2,1-3H3. The Labute approximate surface area is 119 Å². The fourth-order valence-electron chi connectivity index (χ4n) is 3.55. The molecule has 1 saturated carbocycles. The summed E-state index contributed by atoms with van der Waals surface area (Å²) in [4.78, 5) is 2.64. The molecular formula is C16H32N2O. The molecule has 3 nitrogen and oxygen atoms in total. The molecule has 2 aliphatic rings. The van der Waals surface area contributed by atoms with Crippen LogP contribution in [0.4, 0.5) is 0 Å². The van der Waals surface area contributed by atoms with E-state index in [-0.39, 0.29) is 0 Å². The average molecular weight is 268 g/mol. The first kappa shape index (κ1) is 15.3. The Hall–Kier alpha value is -0.120. The van der Waals surface area contributed by atoms with Gasteiger partial charge in [0.05, 0.1) is 12.7 Å². The van der Waals surface area contributed by atoms with E-state index in [1.807, 2.05) is 0 Å². The van der Waals surface area contributed by atoms with Crippen molar-refractivity contribution >= 4 is 0 Å². The van der Waals surface area contributed by atoms with Crippen molar-refractivity contribution in [1.29, 1.82) is 0 Å². The van der Waals surface area contributed by atoms with Crippen LogP contribution in [0.15, 0.2) is 0 Å². The molecule has 1 heterocycles. The summed E-state index contributed by atoms with van der Waals surface area (Å²) in [7, 11) is 0. The van der Waals surface area contributed by atoms with Crippen molar-refractivity contribution in [2.75, 3.05) is 26.2 Å². The van der Waals surface area contributed by atoms with Gasteiger partial charge in [0.15, 0.2) is 0 Å². The third-order valence-electron chi connectivity index (χ3n) is 4.79. The highest BCUT2D eigenvalue weighted by molar-refractivity contribution is 4.86. The van der Waals surface area contributed by atoms with Gasteiger partial charge in [-0.05, 0) is 45.6 Å². The second-order valence-corrected chi connectivity index (χ2v) is 6.55. The Bertz CT molecular complexity index is 253. The largest absolute Gasteiger partial charge is 0.376 e. The third-order valence-corrected chi connectivity index (χ3v) is 4.79. The lowest BCUT2D eigenvalue weighted by Gasteiger charge is -2.40. The molecule has 1 aliphatic carbocycles. The van der Waals surface area contributed by atoms with Crippen LogP contribution in [-0.4, -0.2) is 49.3 Å². The fourth-order valence-corrected chi connectivity index (χ4v) is 3.55. The number of rotatable bonds is 6. The second kappa shape index (κ2) is 7.61. The van der Waals surface area contributed by atoms with Gasteiger partial charge in [-0.2, -0.15) is 0 Å². The monoisotopic (exact) mass is 268 g/mol. The van der Waals surface area contributed by atoms with Gasteiger partial charge in [0, 0.05) is 25.2 Å². The zero-order chi connectivity index (χ0) is 13.7.